The van der Waals surface area contributed by atoms with Gasteiger partial charge in [0.2, 0.25) is 0 Å². The molecule has 0 amide bonds. The fourth-order valence-corrected chi connectivity index (χ4v) is 1.95. The first kappa shape index (κ1) is 12.1. The van der Waals surface area contributed by atoms with Gasteiger partial charge in [0.15, 0.2) is 0 Å². The average Bonchev–Trinajstić information content (AvgIpc) is 2.47. The van der Waals surface area contributed by atoms with E-state index in [4.69, 9.17) is 5.73 Å². The van der Waals surface area contributed by atoms with Crippen LogP contribution in [0, 0.1) is 0 Å². The van der Waals surface area contributed by atoms with Crippen molar-refractivity contribution in [3.8, 4) is 22.6 Å². The lowest BCUT2D eigenvalue weighted by Crippen LogP contribution is -2.08. The molecule has 0 aliphatic rings. The molecule has 3 N–H and O–H groups in total. The van der Waals surface area contributed by atoms with Gasteiger partial charge in [0.25, 0.3) is 5.56 Å². The molecule has 20 heavy (non-hydrogen) atoms. The van der Waals surface area contributed by atoms with Crippen LogP contribution >= 0.6 is 0 Å². The van der Waals surface area contributed by atoms with E-state index in [2.05, 4.69) is 15.0 Å². The zero-order valence-corrected chi connectivity index (χ0v) is 10.6. The molecule has 5 heteroatoms. The summed E-state index contributed by atoms with van der Waals surface area (Å²) in [6.45, 7) is 0. The smallest absolute Gasteiger partial charge is 0.251 e. The Morgan fingerprint density at radius 2 is 1.80 bits per heavy atom. The number of nitrogen functional groups attached to an aromatic ring is 1. The fourth-order valence-electron chi connectivity index (χ4n) is 1.95. The minimum atomic E-state index is -0.204. The van der Waals surface area contributed by atoms with Crippen LogP contribution in [0.5, 0.6) is 0 Å². The van der Waals surface area contributed by atoms with Crippen molar-refractivity contribution in [3.05, 3.63) is 65.2 Å². The minimum absolute atomic E-state index is 0.204. The Morgan fingerprint density at radius 1 is 1.00 bits per heavy atom. The van der Waals surface area contributed by atoms with Crippen LogP contribution in [0.3, 0.4) is 0 Å². The van der Waals surface area contributed by atoms with Crippen LogP contribution in [0.25, 0.3) is 22.6 Å². The highest BCUT2D eigenvalue weighted by Crippen LogP contribution is 2.20. The maximum absolute atomic E-state index is 11.8. The number of anilines is 1. The molecule has 1 aromatic carbocycles. The number of H-pyrrole nitrogens is 1. The maximum atomic E-state index is 11.8. The SMILES string of the molecule is Nc1cccc(-c2nc(-c3ccncc3)cc(=O)[nH]2)c1. The third-order valence-electron chi connectivity index (χ3n) is 2.88. The van der Waals surface area contributed by atoms with E-state index in [0.717, 1.165) is 11.1 Å². The van der Waals surface area contributed by atoms with Crippen molar-refractivity contribution < 1.29 is 0 Å². The molecule has 5 nitrogen and oxygen atoms in total. The van der Waals surface area contributed by atoms with E-state index in [1.165, 1.54) is 6.07 Å². The minimum Gasteiger partial charge on any atom is -0.399 e. The molecule has 3 rings (SSSR count). The number of benzene rings is 1. The van der Waals surface area contributed by atoms with Crippen LogP contribution in [-0.2, 0) is 0 Å². The van der Waals surface area contributed by atoms with Crippen molar-refractivity contribution in [2.75, 3.05) is 5.73 Å². The van der Waals surface area contributed by atoms with Crippen LogP contribution in [0.4, 0.5) is 5.69 Å². The molecule has 2 heterocycles. The van der Waals surface area contributed by atoms with E-state index in [9.17, 15) is 4.79 Å². The summed E-state index contributed by atoms with van der Waals surface area (Å²) in [4.78, 5) is 23.0. The van der Waals surface area contributed by atoms with Crippen LogP contribution in [0.1, 0.15) is 0 Å². The number of aromatic amines is 1. The zero-order valence-electron chi connectivity index (χ0n) is 10.6. The molecule has 98 valence electrons. The molecule has 2 aromatic heterocycles. The van der Waals surface area contributed by atoms with Gasteiger partial charge in [0.05, 0.1) is 5.69 Å². The quantitative estimate of drug-likeness (QED) is 0.694. The molecule has 0 fully saturated rings. The highest BCUT2D eigenvalue weighted by molar-refractivity contribution is 5.65. The number of nitrogens with zero attached hydrogens (tertiary/aromatic N) is 2. The standard InChI is InChI=1S/C15H12N4O/c16-12-3-1-2-11(8-12)15-18-13(9-14(20)19-15)10-4-6-17-7-5-10/h1-9H,16H2,(H,18,19,20). The van der Waals surface area contributed by atoms with Crippen molar-refractivity contribution in [1.82, 2.24) is 15.0 Å². The van der Waals surface area contributed by atoms with Crippen molar-refractivity contribution in [3.63, 3.8) is 0 Å². The summed E-state index contributed by atoms with van der Waals surface area (Å²) in [6, 6.07) is 12.3. The first-order valence-corrected chi connectivity index (χ1v) is 6.10. The second-order valence-electron chi connectivity index (χ2n) is 4.34. The van der Waals surface area contributed by atoms with Crippen LogP contribution in [0.15, 0.2) is 59.7 Å². The Kier molecular flexibility index (Phi) is 3.01. The van der Waals surface area contributed by atoms with Crippen LogP contribution in [-0.4, -0.2) is 15.0 Å². The lowest BCUT2D eigenvalue weighted by Gasteiger charge is -2.05. The molecule has 0 unspecified atom stereocenters. The summed E-state index contributed by atoms with van der Waals surface area (Å²) in [5.74, 6) is 0.497. The van der Waals surface area contributed by atoms with Gasteiger partial charge < -0.3 is 10.7 Å². The van der Waals surface area contributed by atoms with Gasteiger partial charge in [0, 0.05) is 35.3 Å². The maximum Gasteiger partial charge on any atom is 0.251 e. The first-order valence-electron chi connectivity index (χ1n) is 6.10. The van der Waals surface area contributed by atoms with E-state index < -0.39 is 0 Å². The first-order chi connectivity index (χ1) is 9.72. The summed E-state index contributed by atoms with van der Waals surface area (Å²) >= 11 is 0. The van der Waals surface area contributed by atoms with Gasteiger partial charge in [-0.15, -0.1) is 0 Å². The number of hydrogen-bond acceptors (Lipinski definition) is 4. The topological polar surface area (TPSA) is 84.7 Å². The molecular weight excluding hydrogens is 252 g/mol. The molecule has 0 aliphatic carbocycles. The monoisotopic (exact) mass is 264 g/mol. The largest absolute Gasteiger partial charge is 0.399 e. The number of nitrogens with two attached hydrogens (primary N) is 1. The zero-order chi connectivity index (χ0) is 13.9. The summed E-state index contributed by atoms with van der Waals surface area (Å²) < 4.78 is 0. The highest BCUT2D eigenvalue weighted by atomic mass is 16.1. The Morgan fingerprint density at radius 3 is 2.55 bits per heavy atom. The number of rotatable bonds is 2. The van der Waals surface area contributed by atoms with Gasteiger partial charge >= 0.3 is 0 Å². The fraction of sp³-hybridized carbons (Fsp3) is 0. The van der Waals surface area contributed by atoms with Gasteiger partial charge in [-0.3, -0.25) is 9.78 Å². The number of aromatic nitrogens is 3. The average molecular weight is 264 g/mol. The molecule has 0 atom stereocenters. The Bertz CT molecular complexity index is 796. The molecule has 0 radical (unpaired) electrons. The summed E-state index contributed by atoms with van der Waals surface area (Å²) in [7, 11) is 0. The van der Waals surface area contributed by atoms with E-state index in [-0.39, 0.29) is 5.56 Å². The second-order valence-corrected chi connectivity index (χ2v) is 4.34. The number of pyridine rings is 1. The predicted octanol–water partition coefficient (Wildman–Crippen LogP) is 2.08. The molecule has 0 aliphatic heterocycles. The third-order valence-corrected chi connectivity index (χ3v) is 2.88. The van der Waals surface area contributed by atoms with E-state index >= 15 is 0 Å². The van der Waals surface area contributed by atoms with Crippen molar-refractivity contribution >= 4 is 5.69 Å². The molecule has 0 saturated heterocycles. The summed E-state index contributed by atoms with van der Waals surface area (Å²) in [5.41, 5.74) is 8.40. The Balaban J connectivity index is 2.15. The van der Waals surface area contributed by atoms with Crippen molar-refractivity contribution in [1.29, 1.82) is 0 Å². The molecular formula is C15H12N4O. The van der Waals surface area contributed by atoms with E-state index in [1.54, 1.807) is 24.5 Å². The third kappa shape index (κ3) is 2.42. The van der Waals surface area contributed by atoms with Crippen molar-refractivity contribution in [2.24, 2.45) is 0 Å². The van der Waals surface area contributed by atoms with Crippen LogP contribution < -0.4 is 11.3 Å². The number of nitrogens with one attached hydrogen (secondary N) is 1. The van der Waals surface area contributed by atoms with E-state index in [0.29, 0.717) is 17.2 Å². The Hall–Kier alpha value is -2.95. The van der Waals surface area contributed by atoms with Crippen LogP contribution in [0.2, 0.25) is 0 Å². The number of hydrogen-bond donors (Lipinski definition) is 2. The predicted molar refractivity (Wildman–Crippen MR) is 77.9 cm³/mol. The molecule has 0 saturated carbocycles. The molecule has 0 spiro atoms. The summed E-state index contributed by atoms with van der Waals surface area (Å²) in [6.07, 6.45) is 3.33. The summed E-state index contributed by atoms with van der Waals surface area (Å²) in [5, 5.41) is 0. The van der Waals surface area contributed by atoms with Crippen molar-refractivity contribution in [2.45, 2.75) is 0 Å². The Labute approximate surface area is 115 Å². The van der Waals surface area contributed by atoms with Gasteiger partial charge in [-0.2, -0.15) is 0 Å². The van der Waals surface area contributed by atoms with Gasteiger partial charge in [-0.25, -0.2) is 4.98 Å². The molecule has 3 aromatic rings. The lowest BCUT2D eigenvalue weighted by molar-refractivity contribution is 1.13. The van der Waals surface area contributed by atoms with Gasteiger partial charge in [-0.1, -0.05) is 12.1 Å². The lowest BCUT2D eigenvalue weighted by atomic mass is 10.1. The van der Waals surface area contributed by atoms with Gasteiger partial charge in [-0.05, 0) is 24.3 Å². The second kappa shape index (κ2) is 4.97. The normalized spacial score (nSPS) is 10.4. The van der Waals surface area contributed by atoms with E-state index in [1.807, 2.05) is 24.3 Å². The highest BCUT2D eigenvalue weighted by Gasteiger charge is 2.06. The van der Waals surface area contributed by atoms with Gasteiger partial charge in [0.1, 0.15) is 5.82 Å². The molecule has 0 bridgehead atoms.